The Labute approximate surface area is 177 Å². The van der Waals surface area contributed by atoms with E-state index in [0.717, 1.165) is 42.6 Å². The largest absolute Gasteiger partial charge is 0.469 e. The number of hydrogen-bond donors (Lipinski definition) is 0. The lowest BCUT2D eigenvalue weighted by Crippen LogP contribution is -2.54. The molecule has 0 aromatic rings. The number of ether oxygens (including phenoxy) is 2. The van der Waals surface area contributed by atoms with Crippen molar-refractivity contribution in [2.45, 2.75) is 97.0 Å². The molecule has 1 heterocycles. The standard InChI is InChI=1S/C26H42O3/c1-17(5-10-23(27)28-4)20-8-9-21-19-7-6-18-15-26(16-29-26)14-13-24(18,2)22(19)11-12-25(20,21)3/h17-22H,5-16H2,1-4H3/t17-,18-,19+,20-,21+,22+,24+,25-,26+/m1/s1. The van der Waals surface area contributed by atoms with Crippen molar-refractivity contribution < 1.29 is 14.3 Å². The van der Waals surface area contributed by atoms with E-state index in [1.165, 1.54) is 64.9 Å². The molecule has 0 unspecified atom stereocenters. The average molecular weight is 403 g/mol. The normalized spacial score (nSPS) is 51.7. The Morgan fingerprint density at radius 1 is 1.03 bits per heavy atom. The van der Waals surface area contributed by atoms with Gasteiger partial charge in [-0.25, -0.2) is 0 Å². The van der Waals surface area contributed by atoms with E-state index < -0.39 is 0 Å². The van der Waals surface area contributed by atoms with Crippen molar-refractivity contribution in [3.05, 3.63) is 0 Å². The Bertz CT molecular complexity index is 654. The highest BCUT2D eigenvalue weighted by molar-refractivity contribution is 5.69. The van der Waals surface area contributed by atoms with Crippen molar-refractivity contribution in [3.63, 3.8) is 0 Å². The van der Waals surface area contributed by atoms with Gasteiger partial charge in [0.2, 0.25) is 0 Å². The Hall–Kier alpha value is -0.570. The molecule has 0 aromatic carbocycles. The lowest BCUT2D eigenvalue weighted by atomic mass is 9.44. The third-order valence-corrected chi connectivity index (χ3v) is 11.1. The highest BCUT2D eigenvalue weighted by atomic mass is 16.6. The summed E-state index contributed by atoms with van der Waals surface area (Å²) in [4.78, 5) is 11.7. The van der Waals surface area contributed by atoms with Crippen LogP contribution >= 0.6 is 0 Å². The first-order valence-electron chi connectivity index (χ1n) is 12.5. The van der Waals surface area contributed by atoms with Crippen molar-refractivity contribution in [2.24, 2.45) is 46.3 Å². The molecule has 0 N–H and O–H groups in total. The maximum absolute atomic E-state index is 11.7. The Morgan fingerprint density at radius 3 is 2.52 bits per heavy atom. The average Bonchev–Trinajstić information content (AvgIpc) is 3.37. The van der Waals surface area contributed by atoms with E-state index in [2.05, 4.69) is 20.8 Å². The quantitative estimate of drug-likeness (QED) is 0.427. The molecule has 9 atom stereocenters. The summed E-state index contributed by atoms with van der Waals surface area (Å²) in [6.07, 6.45) is 14.2. The van der Waals surface area contributed by atoms with Gasteiger partial charge < -0.3 is 9.47 Å². The fraction of sp³-hybridized carbons (Fsp3) is 0.962. The number of carbonyl (C=O) groups is 1. The van der Waals surface area contributed by atoms with E-state index in [0.29, 0.717) is 28.8 Å². The van der Waals surface area contributed by atoms with Gasteiger partial charge in [0.25, 0.3) is 0 Å². The fourth-order valence-electron chi connectivity index (χ4n) is 9.30. The molecule has 1 saturated heterocycles. The predicted octanol–water partition coefficient (Wildman–Crippen LogP) is 6.00. The highest BCUT2D eigenvalue weighted by Gasteiger charge is 2.63. The van der Waals surface area contributed by atoms with Crippen LogP contribution in [0.4, 0.5) is 0 Å². The summed E-state index contributed by atoms with van der Waals surface area (Å²) in [6.45, 7) is 8.74. The number of carbonyl (C=O) groups excluding carboxylic acids is 1. The minimum Gasteiger partial charge on any atom is -0.469 e. The lowest BCUT2D eigenvalue weighted by Gasteiger charge is -2.61. The predicted molar refractivity (Wildman–Crippen MR) is 114 cm³/mol. The van der Waals surface area contributed by atoms with E-state index in [9.17, 15) is 4.79 Å². The van der Waals surface area contributed by atoms with Crippen LogP contribution in [0.15, 0.2) is 0 Å². The Kier molecular flexibility index (Phi) is 4.89. The zero-order valence-corrected chi connectivity index (χ0v) is 19.2. The molecular formula is C26H42O3. The second kappa shape index (κ2) is 6.97. The summed E-state index contributed by atoms with van der Waals surface area (Å²) >= 11 is 0. The summed E-state index contributed by atoms with van der Waals surface area (Å²) in [5.74, 6) is 5.09. The van der Waals surface area contributed by atoms with Gasteiger partial charge >= 0.3 is 5.97 Å². The van der Waals surface area contributed by atoms with Crippen molar-refractivity contribution in [1.82, 2.24) is 0 Å². The van der Waals surface area contributed by atoms with Gasteiger partial charge in [-0.05, 0) is 111 Å². The number of methoxy groups -OCH3 is 1. The molecule has 5 aliphatic rings. The summed E-state index contributed by atoms with van der Waals surface area (Å²) < 4.78 is 10.8. The first kappa shape index (κ1) is 20.3. The summed E-state index contributed by atoms with van der Waals surface area (Å²) in [5.41, 5.74) is 1.37. The maximum atomic E-state index is 11.7. The van der Waals surface area contributed by atoms with Crippen molar-refractivity contribution in [1.29, 1.82) is 0 Å². The SMILES string of the molecule is COC(=O)CC[C@@H](C)[C@H]1CC[C@H]2[C@@H]3CC[C@@H]4C[C@@]5(CC[C@]4(C)[C@H]3CC[C@]12C)CO5. The van der Waals surface area contributed by atoms with Crippen molar-refractivity contribution in [3.8, 4) is 0 Å². The zero-order chi connectivity index (χ0) is 20.4. The van der Waals surface area contributed by atoms with Crippen LogP contribution in [0.5, 0.6) is 0 Å². The van der Waals surface area contributed by atoms with Gasteiger partial charge in [-0.15, -0.1) is 0 Å². The molecule has 3 heteroatoms. The maximum Gasteiger partial charge on any atom is 0.305 e. The molecule has 0 bridgehead atoms. The summed E-state index contributed by atoms with van der Waals surface area (Å²) in [6, 6.07) is 0. The van der Waals surface area contributed by atoms with Gasteiger partial charge in [0.1, 0.15) is 0 Å². The van der Waals surface area contributed by atoms with Gasteiger partial charge in [-0.2, -0.15) is 0 Å². The molecule has 1 spiro atoms. The summed E-state index contributed by atoms with van der Waals surface area (Å²) in [5, 5.41) is 0. The van der Waals surface area contributed by atoms with Crippen LogP contribution in [0.2, 0.25) is 0 Å². The van der Waals surface area contributed by atoms with Crippen molar-refractivity contribution >= 4 is 5.97 Å². The van der Waals surface area contributed by atoms with Crippen LogP contribution in [-0.2, 0) is 14.3 Å². The number of fused-ring (bicyclic) bond motifs is 5. The monoisotopic (exact) mass is 402 g/mol. The molecule has 29 heavy (non-hydrogen) atoms. The second-order valence-corrected chi connectivity index (χ2v) is 12.2. The first-order valence-corrected chi connectivity index (χ1v) is 12.5. The van der Waals surface area contributed by atoms with Crippen LogP contribution < -0.4 is 0 Å². The topological polar surface area (TPSA) is 38.8 Å². The molecule has 164 valence electrons. The molecular weight excluding hydrogens is 360 g/mol. The van der Waals surface area contributed by atoms with E-state index in [1.807, 2.05) is 0 Å². The van der Waals surface area contributed by atoms with E-state index in [-0.39, 0.29) is 5.97 Å². The molecule has 4 saturated carbocycles. The minimum atomic E-state index is -0.0405. The zero-order valence-electron chi connectivity index (χ0n) is 19.2. The molecule has 3 nitrogen and oxygen atoms in total. The Balaban J connectivity index is 1.30. The number of epoxide rings is 1. The third kappa shape index (κ3) is 3.12. The first-order chi connectivity index (χ1) is 13.8. The molecule has 0 aromatic heterocycles. The molecule has 1 aliphatic heterocycles. The van der Waals surface area contributed by atoms with Crippen LogP contribution in [0, 0.1) is 46.3 Å². The fourth-order valence-corrected chi connectivity index (χ4v) is 9.30. The molecule has 4 aliphatic carbocycles. The van der Waals surface area contributed by atoms with Crippen LogP contribution in [0.3, 0.4) is 0 Å². The van der Waals surface area contributed by atoms with Gasteiger partial charge in [0.05, 0.1) is 19.3 Å². The molecule has 0 amide bonds. The summed E-state index contributed by atoms with van der Waals surface area (Å²) in [7, 11) is 1.51. The van der Waals surface area contributed by atoms with Crippen LogP contribution in [0.25, 0.3) is 0 Å². The number of rotatable bonds is 4. The van der Waals surface area contributed by atoms with E-state index in [4.69, 9.17) is 9.47 Å². The van der Waals surface area contributed by atoms with Gasteiger partial charge in [-0.1, -0.05) is 20.8 Å². The highest BCUT2D eigenvalue weighted by Crippen LogP contribution is 2.69. The molecule has 0 radical (unpaired) electrons. The molecule has 5 rings (SSSR count). The van der Waals surface area contributed by atoms with E-state index in [1.54, 1.807) is 0 Å². The minimum absolute atomic E-state index is 0.0405. The third-order valence-electron chi connectivity index (χ3n) is 11.1. The molecule has 5 fully saturated rings. The smallest absolute Gasteiger partial charge is 0.305 e. The van der Waals surface area contributed by atoms with Gasteiger partial charge in [-0.3, -0.25) is 4.79 Å². The number of hydrogen-bond acceptors (Lipinski definition) is 3. The lowest BCUT2D eigenvalue weighted by molar-refractivity contribution is -0.141. The van der Waals surface area contributed by atoms with Gasteiger partial charge in [0, 0.05) is 6.42 Å². The number of esters is 1. The second-order valence-electron chi connectivity index (χ2n) is 12.2. The van der Waals surface area contributed by atoms with Crippen molar-refractivity contribution in [2.75, 3.05) is 13.7 Å². The Morgan fingerprint density at radius 2 is 1.79 bits per heavy atom. The van der Waals surface area contributed by atoms with Gasteiger partial charge in [0.15, 0.2) is 0 Å². The van der Waals surface area contributed by atoms with E-state index >= 15 is 0 Å². The van der Waals surface area contributed by atoms with Crippen LogP contribution in [0.1, 0.15) is 91.4 Å². The van der Waals surface area contributed by atoms with Crippen LogP contribution in [-0.4, -0.2) is 25.3 Å².